The van der Waals surface area contributed by atoms with E-state index in [9.17, 15) is 18.4 Å². The van der Waals surface area contributed by atoms with Crippen molar-refractivity contribution in [2.24, 2.45) is 0 Å². The third kappa shape index (κ3) is 4.45. The average molecular weight is 334 g/mol. The van der Waals surface area contributed by atoms with E-state index < -0.39 is 23.7 Å². The van der Waals surface area contributed by atoms with Crippen LogP contribution in [0.5, 0.6) is 0 Å². The number of carbonyl (C=O) groups is 2. The van der Waals surface area contributed by atoms with Gasteiger partial charge in [0.05, 0.1) is 0 Å². The third-order valence-corrected chi connectivity index (χ3v) is 3.30. The van der Waals surface area contributed by atoms with Crippen molar-refractivity contribution in [3.63, 3.8) is 0 Å². The fourth-order valence-corrected chi connectivity index (χ4v) is 2.11. The van der Waals surface area contributed by atoms with E-state index in [0.29, 0.717) is 11.8 Å². The quantitative estimate of drug-likeness (QED) is 0.573. The lowest BCUT2D eigenvalue weighted by Gasteiger charge is -2.16. The molecule has 4 nitrogen and oxygen atoms in total. The highest BCUT2D eigenvalue weighted by molar-refractivity contribution is 5.77. The van der Waals surface area contributed by atoms with Crippen LogP contribution in [0.1, 0.15) is 34.5 Å². The average Bonchev–Trinajstić information content (AvgIpc) is 2.59. The standard InChI is InChI=1S/C18H16F2O4/c1-2-23-17(13-4-6-15(19)7-5-13)18(22)24-11-14-9-12(10-21)3-8-16(14)20/h3-10,17H,2,11H2,1H3. The Kier molecular flexibility index (Phi) is 6.14. The Morgan fingerprint density at radius 1 is 1.17 bits per heavy atom. The maximum absolute atomic E-state index is 13.7. The van der Waals surface area contributed by atoms with Crippen LogP contribution in [0, 0.1) is 11.6 Å². The van der Waals surface area contributed by atoms with E-state index >= 15 is 0 Å². The number of hydrogen-bond donors (Lipinski definition) is 0. The Bertz CT molecular complexity index is 713. The van der Waals surface area contributed by atoms with Gasteiger partial charge in [0.2, 0.25) is 0 Å². The van der Waals surface area contributed by atoms with Crippen molar-refractivity contribution >= 4 is 12.3 Å². The normalized spacial score (nSPS) is 11.8. The number of ether oxygens (including phenoxy) is 2. The van der Waals surface area contributed by atoms with Gasteiger partial charge in [0.25, 0.3) is 0 Å². The Morgan fingerprint density at radius 3 is 2.50 bits per heavy atom. The van der Waals surface area contributed by atoms with Gasteiger partial charge in [0, 0.05) is 17.7 Å². The van der Waals surface area contributed by atoms with Crippen molar-refractivity contribution in [1.82, 2.24) is 0 Å². The summed E-state index contributed by atoms with van der Waals surface area (Å²) < 4.78 is 37.1. The van der Waals surface area contributed by atoms with E-state index in [0.717, 1.165) is 6.07 Å². The summed E-state index contributed by atoms with van der Waals surface area (Å²) in [4.78, 5) is 23.0. The molecule has 2 rings (SSSR count). The minimum Gasteiger partial charge on any atom is -0.459 e. The zero-order valence-corrected chi connectivity index (χ0v) is 13.0. The van der Waals surface area contributed by atoms with Gasteiger partial charge in [0.15, 0.2) is 6.10 Å². The second-order valence-corrected chi connectivity index (χ2v) is 4.96. The van der Waals surface area contributed by atoms with Crippen LogP contribution in [0.4, 0.5) is 8.78 Å². The molecule has 0 fully saturated rings. The van der Waals surface area contributed by atoms with E-state index in [1.54, 1.807) is 6.92 Å². The number of esters is 1. The zero-order chi connectivity index (χ0) is 17.5. The lowest BCUT2D eigenvalue weighted by atomic mass is 10.1. The maximum atomic E-state index is 13.7. The summed E-state index contributed by atoms with van der Waals surface area (Å²) >= 11 is 0. The number of benzene rings is 2. The molecule has 126 valence electrons. The SMILES string of the molecule is CCOC(C(=O)OCc1cc(C=O)ccc1F)c1ccc(F)cc1. The highest BCUT2D eigenvalue weighted by atomic mass is 19.1. The molecule has 0 bridgehead atoms. The predicted molar refractivity (Wildman–Crippen MR) is 82.4 cm³/mol. The molecule has 0 radical (unpaired) electrons. The highest BCUT2D eigenvalue weighted by Crippen LogP contribution is 2.21. The van der Waals surface area contributed by atoms with E-state index in [4.69, 9.17) is 9.47 Å². The van der Waals surface area contributed by atoms with E-state index in [1.807, 2.05) is 0 Å². The van der Waals surface area contributed by atoms with E-state index in [-0.39, 0.29) is 24.3 Å². The van der Waals surface area contributed by atoms with Crippen molar-refractivity contribution in [1.29, 1.82) is 0 Å². The van der Waals surface area contributed by atoms with Crippen molar-refractivity contribution in [3.8, 4) is 0 Å². The summed E-state index contributed by atoms with van der Waals surface area (Å²) in [7, 11) is 0. The van der Waals surface area contributed by atoms with Crippen molar-refractivity contribution in [2.75, 3.05) is 6.61 Å². The molecule has 1 atom stereocenters. The molecule has 0 saturated heterocycles. The molecule has 0 spiro atoms. The number of hydrogen-bond acceptors (Lipinski definition) is 4. The fraction of sp³-hybridized carbons (Fsp3) is 0.222. The topological polar surface area (TPSA) is 52.6 Å². The van der Waals surface area contributed by atoms with E-state index in [2.05, 4.69) is 0 Å². The Labute approximate surface area is 138 Å². The van der Waals surface area contributed by atoms with Crippen LogP contribution < -0.4 is 0 Å². The summed E-state index contributed by atoms with van der Waals surface area (Å²) in [5.74, 6) is -1.74. The number of aldehydes is 1. The van der Waals surface area contributed by atoms with Gasteiger partial charge in [-0.1, -0.05) is 12.1 Å². The summed E-state index contributed by atoms with van der Waals surface area (Å²) in [6, 6.07) is 9.03. The van der Waals surface area contributed by atoms with Gasteiger partial charge >= 0.3 is 5.97 Å². The molecule has 1 unspecified atom stereocenters. The third-order valence-electron chi connectivity index (χ3n) is 3.30. The minimum absolute atomic E-state index is 0.0855. The molecule has 24 heavy (non-hydrogen) atoms. The van der Waals surface area contributed by atoms with Crippen LogP contribution in [0.25, 0.3) is 0 Å². The number of carbonyl (C=O) groups excluding carboxylic acids is 2. The van der Waals surface area contributed by atoms with Crippen LogP contribution in [0.2, 0.25) is 0 Å². The monoisotopic (exact) mass is 334 g/mol. The molecule has 2 aromatic carbocycles. The van der Waals surface area contributed by atoms with Gasteiger partial charge < -0.3 is 9.47 Å². The van der Waals surface area contributed by atoms with E-state index in [1.165, 1.54) is 36.4 Å². The highest BCUT2D eigenvalue weighted by Gasteiger charge is 2.23. The molecule has 0 aliphatic rings. The molecule has 0 amide bonds. The molecular formula is C18H16F2O4. The lowest BCUT2D eigenvalue weighted by molar-refractivity contribution is -0.159. The molecule has 0 aliphatic carbocycles. The number of rotatable bonds is 7. The van der Waals surface area contributed by atoms with Gasteiger partial charge in [-0.3, -0.25) is 4.79 Å². The molecule has 6 heteroatoms. The predicted octanol–water partition coefficient (Wildman–Crippen LogP) is 3.60. The summed E-state index contributed by atoms with van der Waals surface area (Å²) in [6.45, 7) is 1.61. The Morgan fingerprint density at radius 2 is 1.88 bits per heavy atom. The number of halogens is 2. The van der Waals surface area contributed by atoms with Crippen LogP contribution in [-0.4, -0.2) is 18.9 Å². The first-order valence-electron chi connectivity index (χ1n) is 7.32. The Hall–Kier alpha value is -2.60. The fourth-order valence-electron chi connectivity index (χ4n) is 2.11. The van der Waals surface area contributed by atoms with Crippen molar-refractivity contribution < 1.29 is 27.8 Å². The lowest BCUT2D eigenvalue weighted by Crippen LogP contribution is -2.19. The van der Waals surface area contributed by atoms with Gasteiger partial charge in [-0.25, -0.2) is 13.6 Å². The van der Waals surface area contributed by atoms with Crippen LogP contribution in [0.15, 0.2) is 42.5 Å². The molecule has 0 N–H and O–H groups in total. The van der Waals surface area contributed by atoms with Crippen LogP contribution in [0.3, 0.4) is 0 Å². The van der Waals surface area contributed by atoms with Gasteiger partial charge in [-0.15, -0.1) is 0 Å². The second kappa shape index (κ2) is 8.31. The zero-order valence-electron chi connectivity index (χ0n) is 13.0. The molecular weight excluding hydrogens is 318 g/mol. The van der Waals surface area contributed by atoms with Crippen molar-refractivity contribution in [3.05, 3.63) is 70.8 Å². The summed E-state index contributed by atoms with van der Waals surface area (Å²) in [5, 5.41) is 0. The van der Waals surface area contributed by atoms with Gasteiger partial charge in [-0.2, -0.15) is 0 Å². The minimum atomic E-state index is -1.03. The van der Waals surface area contributed by atoms with Gasteiger partial charge in [-0.05, 0) is 42.8 Å². The molecule has 0 aliphatic heterocycles. The smallest absolute Gasteiger partial charge is 0.340 e. The molecule has 0 saturated carbocycles. The first-order valence-corrected chi connectivity index (χ1v) is 7.32. The van der Waals surface area contributed by atoms with Crippen molar-refractivity contribution in [2.45, 2.75) is 19.6 Å². The first kappa shape index (κ1) is 17.7. The first-order chi connectivity index (χ1) is 11.5. The summed E-state index contributed by atoms with van der Waals surface area (Å²) in [6.07, 6.45) is -0.459. The van der Waals surface area contributed by atoms with Crippen LogP contribution >= 0.6 is 0 Å². The molecule has 0 aromatic heterocycles. The Balaban J connectivity index is 2.11. The second-order valence-electron chi connectivity index (χ2n) is 4.96. The van der Waals surface area contributed by atoms with Gasteiger partial charge in [0.1, 0.15) is 24.5 Å². The summed E-state index contributed by atoms with van der Waals surface area (Å²) in [5.41, 5.74) is 0.801. The largest absolute Gasteiger partial charge is 0.459 e. The molecule has 0 heterocycles. The maximum Gasteiger partial charge on any atom is 0.340 e. The van der Waals surface area contributed by atoms with Crippen LogP contribution in [-0.2, 0) is 20.9 Å². The molecule has 2 aromatic rings.